The van der Waals surface area contributed by atoms with Crippen LogP contribution in [0.1, 0.15) is 66.7 Å². The Kier molecular flexibility index (Phi) is 6.76. The number of aliphatic hydroxyl groups is 1. The highest BCUT2D eigenvalue weighted by Gasteiger charge is 2.34. The molecule has 0 radical (unpaired) electrons. The number of hydrogen-bond donors (Lipinski definition) is 2. The van der Waals surface area contributed by atoms with Crippen LogP contribution in [0, 0.1) is 5.41 Å². The summed E-state index contributed by atoms with van der Waals surface area (Å²) in [5, 5.41) is 13.3. The number of carbonyl (C=O) groups excluding carboxylic acids is 1. The molecular formula is C14H29NO2. The number of unbranched alkanes of at least 4 members (excludes halogenated alkanes) is 1. The minimum Gasteiger partial charge on any atom is -0.380 e. The summed E-state index contributed by atoms with van der Waals surface area (Å²) in [6.07, 6.45) is 3.82. The van der Waals surface area contributed by atoms with E-state index in [0.717, 1.165) is 19.3 Å². The molecule has 0 aromatic rings. The number of hydrogen-bond acceptors (Lipinski definition) is 2. The molecule has 0 saturated heterocycles. The van der Waals surface area contributed by atoms with E-state index >= 15 is 0 Å². The van der Waals surface area contributed by atoms with E-state index in [9.17, 15) is 9.90 Å². The Bertz CT molecular complexity index is 233. The third-order valence-corrected chi connectivity index (χ3v) is 2.81. The average Bonchev–Trinajstić information content (AvgIpc) is 2.22. The van der Waals surface area contributed by atoms with Gasteiger partial charge < -0.3 is 10.4 Å². The number of nitrogens with one attached hydrogen (secondary N) is 1. The van der Waals surface area contributed by atoms with Gasteiger partial charge in [-0.25, -0.2) is 0 Å². The van der Waals surface area contributed by atoms with Gasteiger partial charge in [0.05, 0.1) is 0 Å². The van der Waals surface area contributed by atoms with Crippen molar-refractivity contribution in [2.45, 2.75) is 72.3 Å². The molecule has 0 aliphatic rings. The van der Waals surface area contributed by atoms with E-state index in [1.807, 2.05) is 6.92 Å². The molecule has 0 aromatic heterocycles. The predicted octanol–water partition coefficient (Wildman–Crippen LogP) is 2.87. The first-order chi connectivity index (χ1) is 7.75. The molecule has 0 aliphatic heterocycles. The second kappa shape index (κ2) is 7.00. The highest BCUT2D eigenvalue weighted by molar-refractivity contribution is 5.84. The molecule has 2 N–H and O–H groups in total. The van der Waals surface area contributed by atoms with Crippen LogP contribution in [0.5, 0.6) is 0 Å². The standard InChI is InChI=1S/C14H29NO2/c1-6-8-10-14(17,9-7-2)12(16)15-11-13(3,4)5/h17H,6-11H2,1-5H3,(H,15,16). The van der Waals surface area contributed by atoms with Crippen molar-refractivity contribution >= 4 is 5.91 Å². The summed E-state index contributed by atoms with van der Waals surface area (Å²) in [7, 11) is 0. The van der Waals surface area contributed by atoms with Crippen LogP contribution < -0.4 is 5.32 Å². The highest BCUT2D eigenvalue weighted by Crippen LogP contribution is 2.21. The van der Waals surface area contributed by atoms with Gasteiger partial charge in [-0.15, -0.1) is 0 Å². The van der Waals surface area contributed by atoms with E-state index < -0.39 is 5.60 Å². The zero-order valence-corrected chi connectivity index (χ0v) is 12.1. The number of amides is 1. The lowest BCUT2D eigenvalue weighted by atomic mass is 9.90. The quantitative estimate of drug-likeness (QED) is 0.722. The molecule has 102 valence electrons. The maximum absolute atomic E-state index is 12.0. The molecule has 17 heavy (non-hydrogen) atoms. The first-order valence-electron chi connectivity index (χ1n) is 6.76. The van der Waals surface area contributed by atoms with Gasteiger partial charge in [0.2, 0.25) is 0 Å². The fourth-order valence-electron chi connectivity index (χ4n) is 1.74. The van der Waals surface area contributed by atoms with Gasteiger partial charge in [-0.1, -0.05) is 53.9 Å². The molecular weight excluding hydrogens is 214 g/mol. The van der Waals surface area contributed by atoms with E-state index in [1.165, 1.54) is 0 Å². The second-order valence-electron chi connectivity index (χ2n) is 6.13. The number of rotatable bonds is 7. The van der Waals surface area contributed by atoms with E-state index in [0.29, 0.717) is 19.4 Å². The third kappa shape index (κ3) is 6.67. The summed E-state index contributed by atoms with van der Waals surface area (Å²) in [5.74, 6) is -0.206. The van der Waals surface area contributed by atoms with E-state index in [2.05, 4.69) is 33.0 Å². The zero-order valence-electron chi connectivity index (χ0n) is 12.1. The molecule has 0 saturated carbocycles. The van der Waals surface area contributed by atoms with Crippen molar-refractivity contribution in [3.63, 3.8) is 0 Å². The van der Waals surface area contributed by atoms with Crippen molar-refractivity contribution in [3.8, 4) is 0 Å². The summed E-state index contributed by atoms with van der Waals surface area (Å²) in [5.41, 5.74) is -1.12. The minimum absolute atomic E-state index is 0.0491. The first-order valence-corrected chi connectivity index (χ1v) is 6.76. The maximum Gasteiger partial charge on any atom is 0.251 e. The van der Waals surface area contributed by atoms with Crippen molar-refractivity contribution in [1.29, 1.82) is 0 Å². The molecule has 1 amide bonds. The third-order valence-electron chi connectivity index (χ3n) is 2.81. The molecule has 1 atom stereocenters. The molecule has 3 heteroatoms. The lowest BCUT2D eigenvalue weighted by Crippen LogP contribution is -2.48. The average molecular weight is 243 g/mol. The normalized spacial score (nSPS) is 15.4. The van der Waals surface area contributed by atoms with Crippen LogP contribution in [0.25, 0.3) is 0 Å². The molecule has 0 aromatic carbocycles. The smallest absolute Gasteiger partial charge is 0.251 e. The van der Waals surface area contributed by atoms with Gasteiger partial charge in [0.1, 0.15) is 5.60 Å². The molecule has 0 rings (SSSR count). The Balaban J connectivity index is 4.42. The van der Waals surface area contributed by atoms with Gasteiger partial charge >= 0.3 is 0 Å². The first kappa shape index (κ1) is 16.4. The summed E-state index contributed by atoms with van der Waals surface area (Å²) in [6, 6.07) is 0. The summed E-state index contributed by atoms with van der Waals surface area (Å²) >= 11 is 0. The van der Waals surface area contributed by atoms with Crippen LogP contribution in [0.4, 0.5) is 0 Å². The van der Waals surface area contributed by atoms with Gasteiger partial charge in [0.25, 0.3) is 5.91 Å². The van der Waals surface area contributed by atoms with Crippen LogP contribution in [0.15, 0.2) is 0 Å². The second-order valence-corrected chi connectivity index (χ2v) is 6.13. The largest absolute Gasteiger partial charge is 0.380 e. The van der Waals surface area contributed by atoms with Crippen molar-refractivity contribution < 1.29 is 9.90 Å². The van der Waals surface area contributed by atoms with Crippen LogP contribution in [-0.2, 0) is 4.79 Å². The van der Waals surface area contributed by atoms with Gasteiger partial charge in [0, 0.05) is 6.54 Å². The molecule has 0 aliphatic carbocycles. The lowest BCUT2D eigenvalue weighted by molar-refractivity contribution is -0.142. The van der Waals surface area contributed by atoms with Gasteiger partial charge in [0.15, 0.2) is 0 Å². The SMILES string of the molecule is CCCCC(O)(CCC)C(=O)NCC(C)(C)C. The van der Waals surface area contributed by atoms with Crippen LogP contribution >= 0.6 is 0 Å². The Morgan fingerprint density at radius 3 is 2.12 bits per heavy atom. The van der Waals surface area contributed by atoms with Crippen molar-refractivity contribution in [3.05, 3.63) is 0 Å². The van der Waals surface area contributed by atoms with Crippen LogP contribution in [0.2, 0.25) is 0 Å². The fraction of sp³-hybridized carbons (Fsp3) is 0.929. The monoisotopic (exact) mass is 243 g/mol. The van der Waals surface area contributed by atoms with Gasteiger partial charge in [-0.2, -0.15) is 0 Å². The summed E-state index contributed by atoms with van der Waals surface area (Å²) < 4.78 is 0. The molecule has 0 fully saturated rings. The van der Waals surface area contributed by atoms with Gasteiger partial charge in [-0.05, 0) is 18.3 Å². The van der Waals surface area contributed by atoms with E-state index in [1.54, 1.807) is 0 Å². The molecule has 0 spiro atoms. The van der Waals surface area contributed by atoms with Crippen molar-refractivity contribution in [2.75, 3.05) is 6.54 Å². The molecule has 0 heterocycles. The Morgan fingerprint density at radius 2 is 1.71 bits per heavy atom. The van der Waals surface area contributed by atoms with Crippen molar-refractivity contribution in [1.82, 2.24) is 5.32 Å². The van der Waals surface area contributed by atoms with Crippen LogP contribution in [-0.4, -0.2) is 23.2 Å². The zero-order chi connectivity index (χ0) is 13.5. The van der Waals surface area contributed by atoms with E-state index in [4.69, 9.17) is 0 Å². The van der Waals surface area contributed by atoms with Crippen LogP contribution in [0.3, 0.4) is 0 Å². The minimum atomic E-state index is -1.17. The van der Waals surface area contributed by atoms with Gasteiger partial charge in [-0.3, -0.25) is 4.79 Å². The Hall–Kier alpha value is -0.570. The fourth-order valence-corrected chi connectivity index (χ4v) is 1.74. The molecule has 3 nitrogen and oxygen atoms in total. The molecule has 1 unspecified atom stereocenters. The lowest BCUT2D eigenvalue weighted by Gasteiger charge is -2.28. The van der Waals surface area contributed by atoms with Crippen molar-refractivity contribution in [2.24, 2.45) is 5.41 Å². The predicted molar refractivity (Wildman–Crippen MR) is 71.8 cm³/mol. The van der Waals surface area contributed by atoms with E-state index in [-0.39, 0.29) is 11.3 Å². The summed E-state index contributed by atoms with van der Waals surface area (Å²) in [4.78, 5) is 12.0. The number of carbonyl (C=O) groups is 1. The topological polar surface area (TPSA) is 49.3 Å². The highest BCUT2D eigenvalue weighted by atomic mass is 16.3. The maximum atomic E-state index is 12.0. The summed E-state index contributed by atoms with van der Waals surface area (Å²) in [6.45, 7) is 10.9. The Labute approximate surface area is 106 Å². The Morgan fingerprint density at radius 1 is 1.12 bits per heavy atom. The molecule has 0 bridgehead atoms.